The van der Waals surface area contributed by atoms with Crippen molar-refractivity contribution in [1.82, 2.24) is 10.2 Å². The Hall–Kier alpha value is -1.86. The highest BCUT2D eigenvalue weighted by molar-refractivity contribution is 7.92. The zero-order chi connectivity index (χ0) is 13.9. The van der Waals surface area contributed by atoms with Crippen molar-refractivity contribution in [2.24, 2.45) is 0 Å². The van der Waals surface area contributed by atoms with Crippen LogP contribution in [0.4, 0.5) is 5.69 Å². The first-order valence-corrected chi connectivity index (χ1v) is 7.29. The topological polar surface area (TPSA) is 95.1 Å². The maximum absolute atomic E-state index is 12.1. The summed E-state index contributed by atoms with van der Waals surface area (Å²) in [5.74, 6) is 0. The van der Waals surface area contributed by atoms with Gasteiger partial charge in [0.05, 0.1) is 23.4 Å². The van der Waals surface area contributed by atoms with Crippen LogP contribution in [0, 0.1) is 0 Å². The molecule has 0 amide bonds. The molecule has 0 saturated carbocycles. The number of aliphatic hydroxyl groups excluding tert-OH is 1. The van der Waals surface area contributed by atoms with Crippen molar-refractivity contribution in [3.63, 3.8) is 0 Å². The first-order valence-electron chi connectivity index (χ1n) is 5.81. The van der Waals surface area contributed by atoms with Crippen LogP contribution in [0.25, 0.3) is 0 Å². The summed E-state index contributed by atoms with van der Waals surface area (Å²) in [5, 5.41) is 15.5. The fourth-order valence-electron chi connectivity index (χ4n) is 1.78. The van der Waals surface area contributed by atoms with E-state index in [1.54, 1.807) is 6.07 Å². The van der Waals surface area contributed by atoms with Crippen molar-refractivity contribution < 1.29 is 13.5 Å². The predicted molar refractivity (Wildman–Crippen MR) is 71.1 cm³/mol. The molecular formula is C12H15N3O3S. The number of aliphatic hydroxyl groups is 1. The molecule has 0 aliphatic rings. The molecule has 0 atom stereocenters. The predicted octanol–water partition coefficient (Wildman–Crippen LogP) is 1.27. The summed E-state index contributed by atoms with van der Waals surface area (Å²) in [6, 6.07) is 4.73. The SMILES string of the molecule is CCc1ccc(S(=O)(=O)Nc2cn[nH]c2)cc1CO. The summed E-state index contributed by atoms with van der Waals surface area (Å²) in [6.45, 7) is 1.77. The Balaban J connectivity index is 2.35. The van der Waals surface area contributed by atoms with E-state index in [1.165, 1.54) is 24.5 Å². The molecule has 0 saturated heterocycles. The maximum Gasteiger partial charge on any atom is 0.262 e. The van der Waals surface area contributed by atoms with E-state index >= 15 is 0 Å². The van der Waals surface area contributed by atoms with Crippen molar-refractivity contribution in [2.45, 2.75) is 24.8 Å². The smallest absolute Gasteiger partial charge is 0.262 e. The highest BCUT2D eigenvalue weighted by atomic mass is 32.2. The van der Waals surface area contributed by atoms with E-state index in [0.717, 1.165) is 12.0 Å². The number of hydrogen-bond acceptors (Lipinski definition) is 4. The Morgan fingerprint density at radius 2 is 2.16 bits per heavy atom. The molecule has 3 N–H and O–H groups in total. The van der Waals surface area contributed by atoms with Gasteiger partial charge in [0.15, 0.2) is 0 Å². The van der Waals surface area contributed by atoms with Gasteiger partial charge in [0.1, 0.15) is 0 Å². The van der Waals surface area contributed by atoms with E-state index in [0.29, 0.717) is 11.3 Å². The minimum atomic E-state index is -3.66. The van der Waals surface area contributed by atoms with E-state index < -0.39 is 10.0 Å². The van der Waals surface area contributed by atoms with Crippen molar-refractivity contribution >= 4 is 15.7 Å². The molecule has 0 aliphatic carbocycles. The van der Waals surface area contributed by atoms with Gasteiger partial charge in [-0.1, -0.05) is 13.0 Å². The van der Waals surface area contributed by atoms with Crippen LogP contribution in [0.3, 0.4) is 0 Å². The Morgan fingerprint density at radius 3 is 2.74 bits per heavy atom. The first-order chi connectivity index (χ1) is 9.06. The van der Waals surface area contributed by atoms with Gasteiger partial charge in [-0.25, -0.2) is 8.42 Å². The molecular weight excluding hydrogens is 266 g/mol. The number of anilines is 1. The molecule has 1 aromatic carbocycles. The second-order valence-corrected chi connectivity index (χ2v) is 5.72. The molecule has 0 bridgehead atoms. The molecule has 7 heteroatoms. The third-order valence-electron chi connectivity index (χ3n) is 2.79. The van der Waals surface area contributed by atoms with Crippen LogP contribution in [0.5, 0.6) is 0 Å². The molecule has 102 valence electrons. The number of hydrogen-bond donors (Lipinski definition) is 3. The third kappa shape index (κ3) is 2.94. The van der Waals surface area contributed by atoms with E-state index in [-0.39, 0.29) is 11.5 Å². The Labute approximate surface area is 111 Å². The minimum absolute atomic E-state index is 0.120. The molecule has 0 fully saturated rings. The normalized spacial score (nSPS) is 11.5. The zero-order valence-corrected chi connectivity index (χ0v) is 11.2. The van der Waals surface area contributed by atoms with E-state index in [1.807, 2.05) is 6.92 Å². The fraction of sp³-hybridized carbons (Fsp3) is 0.250. The van der Waals surface area contributed by atoms with Gasteiger partial charge in [-0.05, 0) is 29.7 Å². The van der Waals surface area contributed by atoms with Crippen molar-refractivity contribution in [3.8, 4) is 0 Å². The lowest BCUT2D eigenvalue weighted by Gasteiger charge is -2.10. The van der Waals surface area contributed by atoms with Crippen LogP contribution in [-0.4, -0.2) is 23.7 Å². The number of H-pyrrole nitrogens is 1. The lowest BCUT2D eigenvalue weighted by molar-refractivity contribution is 0.280. The second kappa shape index (κ2) is 5.41. The zero-order valence-electron chi connectivity index (χ0n) is 10.4. The van der Waals surface area contributed by atoms with Gasteiger partial charge in [0.2, 0.25) is 0 Å². The number of aromatic amines is 1. The largest absolute Gasteiger partial charge is 0.392 e. The second-order valence-electron chi connectivity index (χ2n) is 4.03. The maximum atomic E-state index is 12.1. The third-order valence-corrected chi connectivity index (χ3v) is 4.17. The standard InChI is InChI=1S/C12H15N3O3S/c1-2-9-3-4-12(5-10(9)8-16)19(17,18)15-11-6-13-14-7-11/h3-7,15-16H,2,8H2,1H3,(H,13,14). The van der Waals surface area contributed by atoms with Crippen LogP contribution < -0.4 is 4.72 Å². The number of nitrogens with one attached hydrogen (secondary N) is 2. The summed E-state index contributed by atoms with van der Waals surface area (Å²) in [4.78, 5) is 0.120. The van der Waals surface area contributed by atoms with Crippen molar-refractivity contribution in [2.75, 3.05) is 4.72 Å². The average molecular weight is 281 g/mol. The van der Waals surface area contributed by atoms with Crippen LogP contribution >= 0.6 is 0 Å². The van der Waals surface area contributed by atoms with E-state index in [2.05, 4.69) is 14.9 Å². The molecule has 19 heavy (non-hydrogen) atoms. The summed E-state index contributed by atoms with van der Waals surface area (Å²) >= 11 is 0. The summed E-state index contributed by atoms with van der Waals surface area (Å²) in [7, 11) is -3.66. The Kier molecular flexibility index (Phi) is 3.87. The Bertz CT molecular complexity index is 651. The highest BCUT2D eigenvalue weighted by Crippen LogP contribution is 2.19. The lowest BCUT2D eigenvalue weighted by Crippen LogP contribution is -2.13. The van der Waals surface area contributed by atoms with E-state index in [4.69, 9.17) is 0 Å². The minimum Gasteiger partial charge on any atom is -0.392 e. The summed E-state index contributed by atoms with van der Waals surface area (Å²) < 4.78 is 26.7. The number of nitrogens with zero attached hydrogens (tertiary/aromatic N) is 1. The molecule has 0 unspecified atom stereocenters. The molecule has 6 nitrogen and oxygen atoms in total. The molecule has 0 aliphatic heterocycles. The van der Waals surface area contributed by atoms with Crippen molar-refractivity contribution in [1.29, 1.82) is 0 Å². The van der Waals surface area contributed by atoms with E-state index in [9.17, 15) is 13.5 Å². The monoisotopic (exact) mass is 281 g/mol. The van der Waals surface area contributed by atoms with Gasteiger partial charge in [0, 0.05) is 6.20 Å². The summed E-state index contributed by atoms with van der Waals surface area (Å²) in [5.41, 5.74) is 1.92. The van der Waals surface area contributed by atoms with Gasteiger partial charge < -0.3 is 5.11 Å². The number of rotatable bonds is 5. The average Bonchev–Trinajstić information content (AvgIpc) is 2.89. The molecule has 2 rings (SSSR count). The quantitative estimate of drug-likeness (QED) is 0.769. The number of aryl methyl sites for hydroxylation is 1. The number of benzene rings is 1. The lowest BCUT2D eigenvalue weighted by atomic mass is 10.1. The van der Waals surface area contributed by atoms with Crippen LogP contribution in [0.2, 0.25) is 0 Å². The highest BCUT2D eigenvalue weighted by Gasteiger charge is 2.16. The van der Waals surface area contributed by atoms with Gasteiger partial charge >= 0.3 is 0 Å². The van der Waals surface area contributed by atoms with Gasteiger partial charge in [0.25, 0.3) is 10.0 Å². The number of aromatic nitrogens is 2. The summed E-state index contributed by atoms with van der Waals surface area (Å²) in [6.07, 6.45) is 3.57. The molecule has 0 radical (unpaired) electrons. The van der Waals surface area contributed by atoms with Crippen molar-refractivity contribution in [3.05, 3.63) is 41.7 Å². The fourth-order valence-corrected chi connectivity index (χ4v) is 2.87. The van der Waals surface area contributed by atoms with Crippen LogP contribution in [0.1, 0.15) is 18.1 Å². The molecule has 1 aromatic heterocycles. The van der Waals surface area contributed by atoms with Gasteiger partial charge in [-0.15, -0.1) is 0 Å². The molecule has 1 heterocycles. The molecule has 2 aromatic rings. The number of sulfonamides is 1. The first kappa shape index (κ1) is 13.6. The van der Waals surface area contributed by atoms with Gasteiger partial charge in [-0.2, -0.15) is 5.10 Å². The Morgan fingerprint density at radius 1 is 1.37 bits per heavy atom. The van der Waals surface area contributed by atoms with Crippen LogP contribution in [0.15, 0.2) is 35.5 Å². The van der Waals surface area contributed by atoms with Gasteiger partial charge in [-0.3, -0.25) is 9.82 Å². The molecule has 0 spiro atoms. The van der Waals surface area contributed by atoms with Crippen LogP contribution in [-0.2, 0) is 23.1 Å².